The maximum absolute atomic E-state index is 3.86. The van der Waals surface area contributed by atoms with Crippen molar-refractivity contribution in [1.29, 1.82) is 0 Å². The quantitative estimate of drug-likeness (QED) is 0.438. The molecule has 0 saturated carbocycles. The molecule has 0 aliphatic heterocycles. The van der Waals surface area contributed by atoms with E-state index < -0.39 is 0 Å². The zero-order chi connectivity index (χ0) is 13.5. The summed E-state index contributed by atoms with van der Waals surface area (Å²) in [5, 5.41) is 2.10. The lowest BCUT2D eigenvalue weighted by Gasteiger charge is -1.93. The van der Waals surface area contributed by atoms with Crippen molar-refractivity contribution in [3.05, 3.63) is 60.6 Å². The van der Waals surface area contributed by atoms with Gasteiger partial charge in [-0.2, -0.15) is 4.40 Å². The van der Waals surface area contributed by atoms with Crippen LogP contribution >= 0.6 is 11.3 Å². The van der Waals surface area contributed by atoms with Gasteiger partial charge in [0.15, 0.2) is 0 Å². The molecule has 1 aromatic carbocycles. The number of allylic oxidation sites excluding steroid dienone is 1. The van der Waals surface area contributed by atoms with Crippen LogP contribution in [0.1, 0.15) is 0 Å². The summed E-state index contributed by atoms with van der Waals surface area (Å²) in [5.41, 5.74) is 3.58. The first-order valence-corrected chi connectivity index (χ1v) is 7.43. The molecule has 0 aliphatic rings. The smallest absolute Gasteiger partial charge is 0.240 e. The van der Waals surface area contributed by atoms with Gasteiger partial charge >= 0.3 is 5.78 Å². The van der Waals surface area contributed by atoms with Gasteiger partial charge < -0.3 is 0 Å². The fourth-order valence-electron chi connectivity index (χ4n) is 2.67. The SMILES string of the molecule is C=CC[n+]1c2ccccc2n2cc(-c3cccs3)[nH]c21. The third-order valence-corrected chi connectivity index (χ3v) is 4.42. The number of H-pyrrole nitrogens is 1. The molecule has 0 aliphatic carbocycles. The predicted molar refractivity (Wildman–Crippen MR) is 83.0 cm³/mol. The number of aromatic nitrogens is 3. The summed E-state index contributed by atoms with van der Waals surface area (Å²) in [5.74, 6) is 1.09. The van der Waals surface area contributed by atoms with Crippen LogP contribution in [0.3, 0.4) is 0 Å². The molecule has 4 rings (SSSR count). The standard InChI is InChI=1S/C16H13N3S/c1-2-9-18-13-6-3-4-7-14(13)19-11-12(17-16(18)19)15-8-5-10-20-15/h2-8,10-11H,1,9H2/p+1. The molecule has 0 saturated heterocycles. The van der Waals surface area contributed by atoms with Crippen LogP contribution in [0.2, 0.25) is 0 Å². The topological polar surface area (TPSA) is 24.1 Å². The Hall–Kier alpha value is -2.33. The van der Waals surface area contributed by atoms with E-state index in [2.05, 4.69) is 68.5 Å². The first-order valence-electron chi connectivity index (χ1n) is 6.55. The highest BCUT2D eigenvalue weighted by molar-refractivity contribution is 7.13. The van der Waals surface area contributed by atoms with Gasteiger partial charge in [0.2, 0.25) is 0 Å². The zero-order valence-corrected chi connectivity index (χ0v) is 11.7. The number of nitrogens with one attached hydrogen (secondary N) is 1. The molecule has 20 heavy (non-hydrogen) atoms. The number of nitrogens with zero attached hydrogens (tertiary/aromatic N) is 2. The number of para-hydroxylation sites is 2. The predicted octanol–water partition coefficient (Wildman–Crippen LogP) is 3.62. The number of benzene rings is 1. The van der Waals surface area contributed by atoms with Gasteiger partial charge in [0.05, 0.1) is 11.4 Å². The molecule has 98 valence electrons. The Labute approximate surface area is 120 Å². The average molecular weight is 280 g/mol. The zero-order valence-electron chi connectivity index (χ0n) is 10.9. The van der Waals surface area contributed by atoms with Gasteiger partial charge in [-0.1, -0.05) is 30.9 Å². The van der Waals surface area contributed by atoms with Gasteiger partial charge in [-0.15, -0.1) is 11.3 Å². The highest BCUT2D eigenvalue weighted by Crippen LogP contribution is 2.25. The monoisotopic (exact) mass is 280 g/mol. The van der Waals surface area contributed by atoms with Crippen LogP contribution in [0, 0.1) is 0 Å². The molecular formula is C16H14N3S+. The highest BCUT2D eigenvalue weighted by Gasteiger charge is 2.20. The summed E-state index contributed by atoms with van der Waals surface area (Å²) in [7, 11) is 0. The third-order valence-electron chi connectivity index (χ3n) is 3.52. The average Bonchev–Trinajstić information content (AvgIpc) is 3.16. The molecular weight excluding hydrogens is 266 g/mol. The fraction of sp³-hybridized carbons (Fsp3) is 0.0625. The van der Waals surface area contributed by atoms with Crippen molar-refractivity contribution in [2.45, 2.75) is 6.54 Å². The van der Waals surface area contributed by atoms with E-state index in [0.29, 0.717) is 0 Å². The molecule has 0 spiro atoms. The Morgan fingerprint density at radius 3 is 2.95 bits per heavy atom. The van der Waals surface area contributed by atoms with Gasteiger partial charge in [-0.05, 0) is 23.6 Å². The largest absolute Gasteiger partial charge is 0.368 e. The molecule has 3 heterocycles. The normalized spacial score (nSPS) is 11.4. The number of aromatic amines is 1. The second kappa shape index (κ2) is 4.35. The van der Waals surface area contributed by atoms with Gasteiger partial charge in [0.25, 0.3) is 0 Å². The van der Waals surface area contributed by atoms with Crippen LogP contribution in [-0.2, 0) is 6.54 Å². The van der Waals surface area contributed by atoms with Crippen LogP contribution < -0.4 is 4.57 Å². The van der Waals surface area contributed by atoms with Crippen LogP contribution in [0.15, 0.2) is 60.6 Å². The van der Waals surface area contributed by atoms with Crippen molar-refractivity contribution in [1.82, 2.24) is 9.38 Å². The van der Waals surface area contributed by atoms with Crippen molar-refractivity contribution < 1.29 is 4.57 Å². The molecule has 1 N–H and O–H groups in total. The molecule has 4 aromatic rings. The fourth-order valence-corrected chi connectivity index (χ4v) is 3.36. The van der Waals surface area contributed by atoms with E-state index in [1.54, 1.807) is 11.3 Å². The lowest BCUT2D eigenvalue weighted by molar-refractivity contribution is -0.636. The Morgan fingerprint density at radius 2 is 2.15 bits per heavy atom. The number of imidazole rings is 2. The summed E-state index contributed by atoms with van der Waals surface area (Å²) in [4.78, 5) is 4.78. The van der Waals surface area contributed by atoms with Crippen LogP contribution in [0.4, 0.5) is 0 Å². The lowest BCUT2D eigenvalue weighted by Crippen LogP contribution is -2.32. The molecule has 0 radical (unpaired) electrons. The van der Waals surface area contributed by atoms with Crippen LogP contribution in [-0.4, -0.2) is 9.38 Å². The Balaban J connectivity index is 2.06. The summed E-state index contributed by atoms with van der Waals surface area (Å²) in [6.07, 6.45) is 4.10. The second-order valence-electron chi connectivity index (χ2n) is 4.73. The number of thiophene rings is 1. The minimum absolute atomic E-state index is 0.793. The molecule has 0 fully saturated rings. The number of rotatable bonds is 3. The molecule has 0 atom stereocenters. The van der Waals surface area contributed by atoms with Gasteiger partial charge in [0, 0.05) is 0 Å². The Morgan fingerprint density at radius 1 is 1.25 bits per heavy atom. The van der Waals surface area contributed by atoms with Gasteiger partial charge in [-0.3, -0.25) is 0 Å². The maximum Gasteiger partial charge on any atom is 0.368 e. The van der Waals surface area contributed by atoms with E-state index in [1.807, 2.05) is 6.08 Å². The van der Waals surface area contributed by atoms with E-state index in [1.165, 1.54) is 15.9 Å². The van der Waals surface area contributed by atoms with Gasteiger partial charge in [0.1, 0.15) is 22.9 Å². The second-order valence-corrected chi connectivity index (χ2v) is 5.67. The third kappa shape index (κ3) is 1.55. The van der Waals surface area contributed by atoms with Crippen molar-refractivity contribution in [2.75, 3.05) is 0 Å². The van der Waals surface area contributed by atoms with E-state index >= 15 is 0 Å². The van der Waals surface area contributed by atoms with E-state index in [4.69, 9.17) is 0 Å². The Kier molecular flexibility index (Phi) is 2.50. The van der Waals surface area contributed by atoms with E-state index in [-0.39, 0.29) is 0 Å². The minimum Gasteiger partial charge on any atom is -0.240 e. The summed E-state index contributed by atoms with van der Waals surface area (Å²) >= 11 is 1.75. The van der Waals surface area contributed by atoms with Crippen molar-refractivity contribution in [2.24, 2.45) is 0 Å². The molecule has 3 nitrogen and oxygen atoms in total. The van der Waals surface area contributed by atoms with Crippen LogP contribution in [0.5, 0.6) is 0 Å². The number of fused-ring (bicyclic) bond motifs is 3. The molecule has 4 heteroatoms. The molecule has 0 amide bonds. The number of hydrogen-bond donors (Lipinski definition) is 1. The number of hydrogen-bond acceptors (Lipinski definition) is 1. The molecule has 3 aromatic heterocycles. The van der Waals surface area contributed by atoms with E-state index in [9.17, 15) is 0 Å². The first-order chi connectivity index (χ1) is 9.88. The highest BCUT2D eigenvalue weighted by atomic mass is 32.1. The maximum atomic E-state index is 3.86. The minimum atomic E-state index is 0.793. The summed E-state index contributed by atoms with van der Waals surface area (Å²) in [6, 6.07) is 12.6. The van der Waals surface area contributed by atoms with Gasteiger partial charge in [-0.25, -0.2) is 9.55 Å². The molecule has 0 bridgehead atoms. The first kappa shape index (κ1) is 11.5. The Bertz CT molecular complexity index is 897. The van der Waals surface area contributed by atoms with E-state index in [0.717, 1.165) is 18.0 Å². The van der Waals surface area contributed by atoms with Crippen molar-refractivity contribution >= 4 is 28.1 Å². The van der Waals surface area contributed by atoms with Crippen molar-refractivity contribution in [3.8, 4) is 10.6 Å². The van der Waals surface area contributed by atoms with Crippen LogP contribution in [0.25, 0.3) is 27.4 Å². The summed E-state index contributed by atoms with van der Waals surface area (Å²) < 4.78 is 4.47. The summed E-state index contributed by atoms with van der Waals surface area (Å²) in [6.45, 7) is 4.66. The lowest BCUT2D eigenvalue weighted by atomic mass is 10.3. The van der Waals surface area contributed by atoms with Crippen molar-refractivity contribution in [3.63, 3.8) is 0 Å². The molecule has 0 unspecified atom stereocenters.